The average Bonchev–Trinajstić information content (AvgIpc) is 2.45. The fraction of sp³-hybridized carbons (Fsp3) is 0.333. The molecule has 0 spiro atoms. The van der Waals surface area contributed by atoms with Crippen LogP contribution in [0.4, 0.5) is 11.5 Å². The fourth-order valence-corrected chi connectivity index (χ4v) is 2.99. The van der Waals surface area contributed by atoms with Gasteiger partial charge >= 0.3 is 0 Å². The Morgan fingerprint density at radius 2 is 2.14 bits per heavy atom. The van der Waals surface area contributed by atoms with E-state index < -0.39 is 20.5 Å². The first-order chi connectivity index (χ1) is 10.3. The number of hydrogen-bond donors (Lipinski definition) is 2. The summed E-state index contributed by atoms with van der Waals surface area (Å²) in [7, 11) is -3.65. The molecule has 9 nitrogen and oxygen atoms in total. The summed E-state index contributed by atoms with van der Waals surface area (Å²) < 4.78 is 25.7. The van der Waals surface area contributed by atoms with Gasteiger partial charge in [0.25, 0.3) is 11.2 Å². The quantitative estimate of drug-likeness (QED) is 0.608. The molecule has 0 aliphatic heterocycles. The van der Waals surface area contributed by atoms with Crippen LogP contribution in [-0.2, 0) is 10.0 Å². The van der Waals surface area contributed by atoms with Crippen molar-refractivity contribution in [2.45, 2.75) is 19.8 Å². The molecule has 10 heteroatoms. The van der Waals surface area contributed by atoms with E-state index in [2.05, 4.69) is 14.7 Å². The Bertz CT molecular complexity index is 875. The van der Waals surface area contributed by atoms with Gasteiger partial charge in [0, 0.05) is 12.1 Å². The molecule has 1 aromatic heterocycles. The smallest absolute Gasteiger partial charge is 0.292 e. The minimum Gasteiger partial charge on any atom is -0.317 e. The van der Waals surface area contributed by atoms with Gasteiger partial charge < -0.3 is 4.98 Å². The van der Waals surface area contributed by atoms with Crippen molar-refractivity contribution in [1.82, 2.24) is 9.97 Å². The Labute approximate surface area is 125 Å². The van der Waals surface area contributed by atoms with Crippen molar-refractivity contribution in [3.63, 3.8) is 0 Å². The molecule has 0 bridgehead atoms. The van der Waals surface area contributed by atoms with E-state index in [0.717, 1.165) is 0 Å². The van der Waals surface area contributed by atoms with E-state index >= 15 is 0 Å². The lowest BCUT2D eigenvalue weighted by Gasteiger charge is -2.06. The van der Waals surface area contributed by atoms with Gasteiger partial charge in [-0.05, 0) is 12.5 Å². The number of nitro groups is 1. The highest BCUT2D eigenvalue weighted by atomic mass is 32.2. The number of non-ortho nitro benzene ring substituents is 1. The summed E-state index contributed by atoms with van der Waals surface area (Å²) in [5.41, 5.74) is -0.539. The molecule has 0 atom stereocenters. The number of nitrogens with one attached hydrogen (secondary N) is 2. The molecule has 1 aromatic carbocycles. The van der Waals surface area contributed by atoms with Crippen LogP contribution in [0.5, 0.6) is 0 Å². The summed E-state index contributed by atoms with van der Waals surface area (Å²) in [4.78, 5) is 28.2. The number of nitro benzene ring substituents is 1. The lowest BCUT2D eigenvalue weighted by molar-refractivity contribution is -0.384. The number of anilines is 1. The third kappa shape index (κ3) is 3.58. The number of aromatic amines is 1. The summed E-state index contributed by atoms with van der Waals surface area (Å²) in [6.07, 6.45) is 1.17. The van der Waals surface area contributed by atoms with E-state index in [1.54, 1.807) is 0 Å². The number of hydrogen-bond acceptors (Lipinski definition) is 6. The zero-order chi connectivity index (χ0) is 16.3. The lowest BCUT2D eigenvalue weighted by Crippen LogP contribution is -2.23. The van der Waals surface area contributed by atoms with Crippen molar-refractivity contribution < 1.29 is 13.3 Å². The Balaban J connectivity index is 2.41. The van der Waals surface area contributed by atoms with Crippen LogP contribution in [0, 0.1) is 10.1 Å². The van der Waals surface area contributed by atoms with Crippen LogP contribution in [0.25, 0.3) is 11.0 Å². The van der Waals surface area contributed by atoms with E-state index in [9.17, 15) is 23.3 Å². The SMILES string of the molecule is CCCCS(=O)(=O)Nc1nc2ccc([N+](=O)[O-])cc2[nH]c1=O. The van der Waals surface area contributed by atoms with Gasteiger partial charge in [-0.15, -0.1) is 0 Å². The van der Waals surface area contributed by atoms with E-state index in [0.29, 0.717) is 12.8 Å². The van der Waals surface area contributed by atoms with Gasteiger partial charge in [0.2, 0.25) is 15.8 Å². The minimum absolute atomic E-state index is 0.108. The zero-order valence-electron chi connectivity index (χ0n) is 11.7. The molecule has 0 amide bonds. The molecule has 0 unspecified atom stereocenters. The number of unbranched alkanes of at least 4 members (excludes halogenated alkanes) is 1. The number of aromatic nitrogens is 2. The van der Waals surface area contributed by atoms with Crippen molar-refractivity contribution >= 4 is 32.6 Å². The maximum atomic E-state index is 11.9. The van der Waals surface area contributed by atoms with Crippen LogP contribution in [-0.4, -0.2) is 29.1 Å². The molecule has 0 aliphatic carbocycles. The summed E-state index contributed by atoms with van der Waals surface area (Å²) in [6, 6.07) is 3.73. The largest absolute Gasteiger partial charge is 0.317 e. The van der Waals surface area contributed by atoms with Crippen molar-refractivity contribution in [1.29, 1.82) is 0 Å². The van der Waals surface area contributed by atoms with Gasteiger partial charge in [-0.1, -0.05) is 13.3 Å². The monoisotopic (exact) mass is 326 g/mol. The number of sulfonamides is 1. The average molecular weight is 326 g/mol. The maximum Gasteiger partial charge on any atom is 0.292 e. The van der Waals surface area contributed by atoms with Gasteiger partial charge in [-0.25, -0.2) is 13.4 Å². The molecule has 0 aliphatic rings. The van der Waals surface area contributed by atoms with E-state index in [1.165, 1.54) is 18.2 Å². The number of nitrogens with zero attached hydrogens (tertiary/aromatic N) is 2. The summed E-state index contributed by atoms with van der Waals surface area (Å²) in [5, 5.41) is 10.7. The van der Waals surface area contributed by atoms with E-state index in [4.69, 9.17) is 0 Å². The van der Waals surface area contributed by atoms with Gasteiger partial charge in [-0.3, -0.25) is 19.6 Å². The third-order valence-corrected chi connectivity index (χ3v) is 4.24. The first-order valence-corrected chi connectivity index (χ1v) is 8.16. The maximum absolute atomic E-state index is 11.9. The molecule has 2 aromatic rings. The second-order valence-corrected chi connectivity index (χ2v) is 6.49. The molecular weight excluding hydrogens is 312 g/mol. The molecule has 0 fully saturated rings. The van der Waals surface area contributed by atoms with Crippen molar-refractivity contribution in [2.24, 2.45) is 0 Å². The topological polar surface area (TPSA) is 135 Å². The molecule has 2 rings (SSSR count). The fourth-order valence-electron chi connectivity index (χ4n) is 1.79. The third-order valence-electron chi connectivity index (χ3n) is 2.91. The first-order valence-electron chi connectivity index (χ1n) is 6.51. The van der Waals surface area contributed by atoms with Gasteiger partial charge in [0.05, 0.1) is 21.7 Å². The molecule has 0 radical (unpaired) electrons. The Morgan fingerprint density at radius 3 is 2.77 bits per heavy atom. The molecule has 0 saturated heterocycles. The van der Waals surface area contributed by atoms with Gasteiger partial charge in [0.1, 0.15) is 0 Å². The molecule has 22 heavy (non-hydrogen) atoms. The summed E-state index contributed by atoms with van der Waals surface area (Å²) >= 11 is 0. The Hall–Kier alpha value is -2.49. The zero-order valence-corrected chi connectivity index (χ0v) is 12.5. The Kier molecular flexibility index (Phi) is 4.40. The molecular formula is C12H14N4O5S. The minimum atomic E-state index is -3.65. The summed E-state index contributed by atoms with van der Waals surface area (Å²) in [6.45, 7) is 1.85. The second kappa shape index (κ2) is 6.10. The number of benzene rings is 1. The van der Waals surface area contributed by atoms with Crippen LogP contribution >= 0.6 is 0 Å². The van der Waals surface area contributed by atoms with Gasteiger partial charge in [0.15, 0.2) is 0 Å². The van der Waals surface area contributed by atoms with Crippen LogP contribution in [0.1, 0.15) is 19.8 Å². The summed E-state index contributed by atoms with van der Waals surface area (Å²) in [5.74, 6) is -0.458. The van der Waals surface area contributed by atoms with Crippen LogP contribution in [0.15, 0.2) is 23.0 Å². The molecule has 2 N–H and O–H groups in total. The second-order valence-electron chi connectivity index (χ2n) is 4.65. The van der Waals surface area contributed by atoms with E-state index in [-0.39, 0.29) is 28.3 Å². The predicted molar refractivity (Wildman–Crippen MR) is 81.3 cm³/mol. The predicted octanol–water partition coefficient (Wildman–Crippen LogP) is 1.37. The highest BCUT2D eigenvalue weighted by Crippen LogP contribution is 2.17. The number of rotatable bonds is 6. The first kappa shape index (κ1) is 15.9. The molecule has 0 saturated carbocycles. The van der Waals surface area contributed by atoms with E-state index in [1.807, 2.05) is 6.92 Å². The van der Waals surface area contributed by atoms with Crippen molar-refractivity contribution in [3.05, 3.63) is 38.7 Å². The highest BCUT2D eigenvalue weighted by molar-refractivity contribution is 7.92. The normalized spacial score (nSPS) is 11.5. The van der Waals surface area contributed by atoms with Gasteiger partial charge in [-0.2, -0.15) is 0 Å². The van der Waals surface area contributed by atoms with Crippen molar-refractivity contribution in [2.75, 3.05) is 10.5 Å². The number of H-pyrrole nitrogens is 1. The molecule has 1 heterocycles. The van der Waals surface area contributed by atoms with Crippen LogP contribution in [0.3, 0.4) is 0 Å². The molecule has 118 valence electrons. The van der Waals surface area contributed by atoms with Crippen LogP contribution in [0.2, 0.25) is 0 Å². The Morgan fingerprint density at radius 1 is 1.41 bits per heavy atom. The highest BCUT2D eigenvalue weighted by Gasteiger charge is 2.15. The standard InChI is InChI=1S/C12H14N4O5S/c1-2-3-6-22(20,21)15-11-12(17)14-10-7-8(16(18)19)4-5-9(10)13-11/h4-5,7H,2-3,6H2,1H3,(H,13,15)(H,14,17). The van der Waals surface area contributed by atoms with Crippen molar-refractivity contribution in [3.8, 4) is 0 Å². The lowest BCUT2D eigenvalue weighted by atomic mass is 10.2. The van der Waals surface area contributed by atoms with Crippen LogP contribution < -0.4 is 10.3 Å². The number of fused-ring (bicyclic) bond motifs is 1.